The fourth-order valence-corrected chi connectivity index (χ4v) is 5.54. The van der Waals surface area contributed by atoms with E-state index >= 15 is 0 Å². The zero-order valence-electron chi connectivity index (χ0n) is 24.8. The van der Waals surface area contributed by atoms with Gasteiger partial charge in [-0.05, 0) is 95.7 Å². The molecule has 8 nitrogen and oxygen atoms in total. The van der Waals surface area contributed by atoms with Crippen LogP contribution in [0.3, 0.4) is 0 Å². The maximum absolute atomic E-state index is 13.9. The number of benzene rings is 2. The van der Waals surface area contributed by atoms with Crippen LogP contribution >= 0.6 is 0 Å². The SMILES string of the molecule is CCOC(=O)c1cn(C2CC2)c2c(OC(F)F)c(-c3ccc4c(c3)CN(C(=O)OC(C)(C)C)C(C)(C)C4)ccc2c1=O. The molecule has 1 aliphatic carbocycles. The monoisotopic (exact) mass is 582 g/mol. The van der Waals surface area contributed by atoms with Crippen LogP contribution in [0.1, 0.15) is 81.9 Å². The van der Waals surface area contributed by atoms with Gasteiger partial charge < -0.3 is 18.8 Å². The number of ether oxygens (including phenoxy) is 3. The van der Waals surface area contributed by atoms with E-state index in [1.807, 2.05) is 52.8 Å². The second-order valence-corrected chi connectivity index (χ2v) is 12.5. The number of carbonyl (C=O) groups is 2. The van der Waals surface area contributed by atoms with Gasteiger partial charge in [0.2, 0.25) is 5.43 Å². The Kier molecular flexibility index (Phi) is 7.53. The standard InChI is InChI=1S/C32H36F2N2O6/c1-7-40-28(38)24-17-35(21-10-11-21)25-23(26(24)37)13-12-22(27(25)41-29(33)34)18-8-9-19-15-32(5,6)36(16-20(19)14-18)30(39)42-31(2,3)4/h8-9,12-14,17,21,29H,7,10-11,15-16H2,1-6H3. The Labute approximate surface area is 243 Å². The molecule has 224 valence electrons. The molecule has 42 heavy (non-hydrogen) atoms. The molecule has 3 aromatic rings. The molecule has 1 aromatic heterocycles. The van der Waals surface area contributed by atoms with Crippen molar-refractivity contribution in [1.82, 2.24) is 9.47 Å². The summed E-state index contributed by atoms with van der Waals surface area (Å²) in [5, 5.41) is 0.0997. The highest BCUT2D eigenvalue weighted by molar-refractivity contribution is 5.98. The minimum atomic E-state index is -3.15. The fraction of sp³-hybridized carbons (Fsp3) is 0.469. The molecule has 0 atom stereocenters. The molecule has 0 bridgehead atoms. The van der Waals surface area contributed by atoms with Crippen molar-refractivity contribution in [2.75, 3.05) is 6.61 Å². The molecule has 1 saturated carbocycles. The van der Waals surface area contributed by atoms with Gasteiger partial charge in [0.05, 0.1) is 17.5 Å². The smallest absolute Gasteiger partial charge is 0.411 e. The minimum absolute atomic E-state index is 0.0651. The van der Waals surface area contributed by atoms with E-state index < -0.39 is 35.2 Å². The van der Waals surface area contributed by atoms with Crippen LogP contribution in [0.2, 0.25) is 0 Å². The van der Waals surface area contributed by atoms with Crippen LogP contribution in [0.5, 0.6) is 5.75 Å². The highest BCUT2D eigenvalue weighted by Crippen LogP contribution is 2.44. The number of amides is 1. The van der Waals surface area contributed by atoms with Crippen LogP contribution in [-0.4, -0.2) is 45.9 Å². The third-order valence-electron chi connectivity index (χ3n) is 7.60. The summed E-state index contributed by atoms with van der Waals surface area (Å²) < 4.78 is 45.4. The van der Waals surface area contributed by atoms with Gasteiger partial charge in [-0.3, -0.25) is 9.69 Å². The van der Waals surface area contributed by atoms with Gasteiger partial charge in [0.15, 0.2) is 5.75 Å². The summed E-state index contributed by atoms with van der Waals surface area (Å²) in [5.74, 6) is -0.895. The van der Waals surface area contributed by atoms with Crippen molar-refractivity contribution in [3.8, 4) is 16.9 Å². The Bertz CT molecular complexity index is 1620. The van der Waals surface area contributed by atoms with Gasteiger partial charge in [-0.25, -0.2) is 9.59 Å². The molecule has 2 aromatic carbocycles. The number of fused-ring (bicyclic) bond motifs is 2. The van der Waals surface area contributed by atoms with E-state index in [1.54, 1.807) is 28.5 Å². The molecule has 1 fully saturated rings. The van der Waals surface area contributed by atoms with Crippen LogP contribution in [0.15, 0.2) is 41.3 Å². The van der Waals surface area contributed by atoms with Gasteiger partial charge in [-0.2, -0.15) is 8.78 Å². The number of alkyl halides is 2. The van der Waals surface area contributed by atoms with Crippen molar-refractivity contribution in [2.45, 2.75) is 91.1 Å². The number of halogens is 2. The summed E-state index contributed by atoms with van der Waals surface area (Å²) in [6, 6.07) is 8.69. The largest absolute Gasteiger partial charge is 0.462 e. The summed E-state index contributed by atoms with van der Waals surface area (Å²) in [6.45, 7) is 8.27. The number of pyridine rings is 1. The Balaban J connectivity index is 1.65. The summed E-state index contributed by atoms with van der Waals surface area (Å²) in [5.41, 5.74) is 1.16. The summed E-state index contributed by atoms with van der Waals surface area (Å²) in [6.07, 6.45) is 3.09. The van der Waals surface area contributed by atoms with Crippen LogP contribution in [0.25, 0.3) is 22.0 Å². The number of esters is 1. The van der Waals surface area contributed by atoms with Crippen LogP contribution in [0.4, 0.5) is 13.6 Å². The third kappa shape index (κ3) is 5.71. The van der Waals surface area contributed by atoms with Crippen molar-refractivity contribution in [3.05, 3.63) is 63.4 Å². The molecule has 1 amide bonds. The number of hydrogen-bond acceptors (Lipinski definition) is 6. The quantitative estimate of drug-likeness (QED) is 0.296. The first-order chi connectivity index (χ1) is 19.7. The Morgan fingerprint density at radius 1 is 1.10 bits per heavy atom. The molecule has 2 aliphatic rings. The molecule has 2 heterocycles. The number of nitrogens with zero attached hydrogens (tertiary/aromatic N) is 2. The maximum atomic E-state index is 13.9. The van der Waals surface area contributed by atoms with Gasteiger partial charge >= 0.3 is 18.7 Å². The first kappa shape index (κ1) is 29.5. The van der Waals surface area contributed by atoms with E-state index in [0.717, 1.165) is 24.0 Å². The van der Waals surface area contributed by atoms with Gasteiger partial charge in [0.1, 0.15) is 11.2 Å². The molecule has 0 spiro atoms. The number of hydrogen-bond donors (Lipinski definition) is 0. The summed E-state index contributed by atoms with van der Waals surface area (Å²) >= 11 is 0. The molecule has 0 radical (unpaired) electrons. The lowest BCUT2D eigenvalue weighted by Crippen LogP contribution is -2.52. The van der Waals surface area contributed by atoms with Crippen LogP contribution in [0, 0.1) is 0 Å². The van der Waals surface area contributed by atoms with Crippen molar-refractivity contribution < 1.29 is 32.6 Å². The third-order valence-corrected chi connectivity index (χ3v) is 7.60. The molecule has 0 N–H and O–H groups in total. The Morgan fingerprint density at radius 3 is 2.43 bits per heavy atom. The van der Waals surface area contributed by atoms with Crippen molar-refractivity contribution in [2.24, 2.45) is 0 Å². The highest BCUT2D eigenvalue weighted by atomic mass is 19.3. The van der Waals surface area contributed by atoms with Crippen LogP contribution in [-0.2, 0) is 22.4 Å². The first-order valence-electron chi connectivity index (χ1n) is 14.2. The van der Waals surface area contributed by atoms with Gasteiger partial charge in [-0.15, -0.1) is 0 Å². The molecular weight excluding hydrogens is 546 g/mol. The predicted molar refractivity (Wildman–Crippen MR) is 154 cm³/mol. The molecule has 5 rings (SSSR count). The van der Waals surface area contributed by atoms with Gasteiger partial charge in [-0.1, -0.05) is 12.1 Å². The van der Waals surface area contributed by atoms with Crippen molar-refractivity contribution >= 4 is 23.0 Å². The lowest BCUT2D eigenvalue weighted by atomic mass is 9.84. The topological polar surface area (TPSA) is 87.1 Å². The predicted octanol–water partition coefficient (Wildman–Crippen LogP) is 6.85. The zero-order valence-corrected chi connectivity index (χ0v) is 24.8. The minimum Gasteiger partial charge on any atom is -0.462 e. The van der Waals surface area contributed by atoms with E-state index in [2.05, 4.69) is 0 Å². The average Bonchev–Trinajstić information content (AvgIpc) is 3.72. The highest BCUT2D eigenvalue weighted by Gasteiger charge is 2.38. The number of carbonyl (C=O) groups excluding carboxylic acids is 2. The summed E-state index contributed by atoms with van der Waals surface area (Å²) in [4.78, 5) is 40.7. The summed E-state index contributed by atoms with van der Waals surface area (Å²) in [7, 11) is 0. The van der Waals surface area contributed by atoms with Crippen molar-refractivity contribution in [3.63, 3.8) is 0 Å². The van der Waals surface area contributed by atoms with Gasteiger partial charge in [0, 0.05) is 29.9 Å². The maximum Gasteiger partial charge on any atom is 0.411 e. The Hall–Kier alpha value is -3.95. The Morgan fingerprint density at radius 2 is 1.81 bits per heavy atom. The fourth-order valence-electron chi connectivity index (χ4n) is 5.54. The lowest BCUT2D eigenvalue weighted by molar-refractivity contribution is -0.0486. The number of rotatable bonds is 6. The molecule has 10 heteroatoms. The van der Waals surface area contributed by atoms with E-state index in [4.69, 9.17) is 14.2 Å². The van der Waals surface area contributed by atoms with Gasteiger partial charge in [0.25, 0.3) is 0 Å². The van der Waals surface area contributed by atoms with Crippen LogP contribution < -0.4 is 10.2 Å². The zero-order chi connectivity index (χ0) is 30.6. The first-order valence-corrected chi connectivity index (χ1v) is 14.2. The second kappa shape index (κ2) is 10.7. The second-order valence-electron chi connectivity index (χ2n) is 12.5. The van der Waals surface area contributed by atoms with E-state index in [9.17, 15) is 23.2 Å². The molecule has 0 unspecified atom stereocenters. The number of aromatic nitrogens is 1. The van der Waals surface area contributed by atoms with E-state index in [1.165, 1.54) is 6.20 Å². The molecular formula is C32H36F2N2O6. The van der Waals surface area contributed by atoms with Crippen molar-refractivity contribution in [1.29, 1.82) is 0 Å². The molecule has 1 aliphatic heterocycles. The van der Waals surface area contributed by atoms with E-state index in [-0.39, 0.29) is 41.4 Å². The normalized spacial score (nSPS) is 16.4. The molecule has 0 saturated heterocycles. The van der Waals surface area contributed by atoms with E-state index in [0.29, 0.717) is 17.5 Å². The lowest BCUT2D eigenvalue weighted by Gasteiger charge is -2.43. The average molecular weight is 583 g/mol.